The Kier molecular flexibility index (Phi) is 4.87. The van der Waals surface area contributed by atoms with Crippen molar-refractivity contribution in [1.82, 2.24) is 0 Å². The fraction of sp³-hybridized carbons (Fsp3) is 0.571. The second-order valence-electron chi connectivity index (χ2n) is 4.74. The minimum Gasteiger partial charge on any atom is -0.493 e. The van der Waals surface area contributed by atoms with Crippen LogP contribution >= 0.6 is 11.6 Å². The summed E-state index contributed by atoms with van der Waals surface area (Å²) >= 11 is 5.97. The summed E-state index contributed by atoms with van der Waals surface area (Å²) < 4.78 is 11.4. The maximum absolute atomic E-state index is 5.97. The van der Waals surface area contributed by atoms with E-state index in [1.807, 2.05) is 25.1 Å². The number of hydrogen-bond donors (Lipinski definition) is 1. The van der Waals surface area contributed by atoms with Gasteiger partial charge in [-0.05, 0) is 38.0 Å². The summed E-state index contributed by atoms with van der Waals surface area (Å²) in [6.45, 7) is 3.47. The first kappa shape index (κ1) is 13.7. The molecule has 4 heteroatoms. The van der Waals surface area contributed by atoms with E-state index in [9.17, 15) is 0 Å². The van der Waals surface area contributed by atoms with E-state index in [1.165, 1.54) is 0 Å². The van der Waals surface area contributed by atoms with Gasteiger partial charge in [0.1, 0.15) is 5.75 Å². The molecule has 2 atom stereocenters. The summed E-state index contributed by atoms with van der Waals surface area (Å²) in [5.74, 6) is 0.826. The average molecular weight is 270 g/mol. The summed E-state index contributed by atoms with van der Waals surface area (Å²) in [4.78, 5) is 0. The SMILES string of the molecule is CC(N)c1cc(Cl)ccc1OCCC1CCCO1. The highest BCUT2D eigenvalue weighted by atomic mass is 35.5. The Balaban J connectivity index is 1.91. The highest BCUT2D eigenvalue weighted by molar-refractivity contribution is 6.30. The summed E-state index contributed by atoms with van der Waals surface area (Å²) in [7, 11) is 0. The van der Waals surface area contributed by atoms with Gasteiger partial charge >= 0.3 is 0 Å². The molecule has 1 fully saturated rings. The molecule has 2 rings (SSSR count). The molecule has 1 saturated heterocycles. The fourth-order valence-corrected chi connectivity index (χ4v) is 2.36. The molecule has 0 bridgehead atoms. The summed E-state index contributed by atoms with van der Waals surface area (Å²) in [5, 5.41) is 0.689. The predicted molar refractivity (Wildman–Crippen MR) is 73.1 cm³/mol. The third-order valence-corrected chi connectivity index (χ3v) is 3.42. The number of benzene rings is 1. The van der Waals surface area contributed by atoms with Crippen molar-refractivity contribution in [2.75, 3.05) is 13.2 Å². The van der Waals surface area contributed by atoms with E-state index in [0.717, 1.165) is 37.2 Å². The maximum Gasteiger partial charge on any atom is 0.124 e. The molecule has 1 aliphatic heterocycles. The van der Waals surface area contributed by atoms with Crippen LogP contribution in [0.25, 0.3) is 0 Å². The third-order valence-electron chi connectivity index (χ3n) is 3.18. The van der Waals surface area contributed by atoms with Gasteiger partial charge in [0.05, 0.1) is 12.7 Å². The Labute approximate surface area is 113 Å². The van der Waals surface area contributed by atoms with Crippen molar-refractivity contribution < 1.29 is 9.47 Å². The fourth-order valence-electron chi connectivity index (χ4n) is 2.18. The Hall–Kier alpha value is -0.770. The van der Waals surface area contributed by atoms with Crippen LogP contribution in [0.15, 0.2) is 18.2 Å². The Morgan fingerprint density at radius 3 is 3.06 bits per heavy atom. The quantitative estimate of drug-likeness (QED) is 0.892. The summed E-state index contributed by atoms with van der Waals surface area (Å²) in [6, 6.07) is 5.50. The Morgan fingerprint density at radius 1 is 1.56 bits per heavy atom. The van der Waals surface area contributed by atoms with Crippen LogP contribution in [-0.4, -0.2) is 19.3 Å². The van der Waals surface area contributed by atoms with Crippen LogP contribution in [0, 0.1) is 0 Å². The van der Waals surface area contributed by atoms with Crippen molar-refractivity contribution in [3.63, 3.8) is 0 Å². The molecule has 2 N–H and O–H groups in total. The van der Waals surface area contributed by atoms with Gasteiger partial charge < -0.3 is 15.2 Å². The lowest BCUT2D eigenvalue weighted by Gasteiger charge is -2.15. The number of ether oxygens (including phenoxy) is 2. The van der Waals surface area contributed by atoms with Gasteiger partial charge in [0.25, 0.3) is 0 Å². The van der Waals surface area contributed by atoms with Crippen LogP contribution in [0.5, 0.6) is 5.75 Å². The van der Waals surface area contributed by atoms with Crippen LogP contribution < -0.4 is 10.5 Å². The maximum atomic E-state index is 5.97. The molecular formula is C14H20ClNO2. The van der Waals surface area contributed by atoms with E-state index < -0.39 is 0 Å². The van der Waals surface area contributed by atoms with Crippen molar-refractivity contribution in [3.05, 3.63) is 28.8 Å². The van der Waals surface area contributed by atoms with E-state index in [1.54, 1.807) is 0 Å². The molecule has 3 nitrogen and oxygen atoms in total. The van der Waals surface area contributed by atoms with E-state index in [0.29, 0.717) is 17.7 Å². The monoisotopic (exact) mass is 269 g/mol. The topological polar surface area (TPSA) is 44.5 Å². The molecule has 1 heterocycles. The summed E-state index contributed by atoms with van der Waals surface area (Å²) in [5.41, 5.74) is 6.87. The normalized spacial score (nSPS) is 20.9. The van der Waals surface area contributed by atoms with Gasteiger partial charge in [-0.15, -0.1) is 0 Å². The van der Waals surface area contributed by atoms with Gasteiger partial charge in [-0.2, -0.15) is 0 Å². The van der Waals surface area contributed by atoms with E-state index in [2.05, 4.69) is 0 Å². The second kappa shape index (κ2) is 6.41. The molecule has 0 saturated carbocycles. The highest BCUT2D eigenvalue weighted by Gasteiger charge is 2.16. The molecule has 100 valence electrons. The van der Waals surface area contributed by atoms with Crippen molar-refractivity contribution in [2.24, 2.45) is 5.73 Å². The van der Waals surface area contributed by atoms with Crippen LogP contribution in [0.4, 0.5) is 0 Å². The largest absolute Gasteiger partial charge is 0.493 e. The van der Waals surface area contributed by atoms with Gasteiger partial charge in [0.15, 0.2) is 0 Å². The van der Waals surface area contributed by atoms with Crippen LogP contribution in [0.1, 0.15) is 37.8 Å². The number of nitrogens with two attached hydrogens (primary N) is 1. The van der Waals surface area contributed by atoms with Gasteiger partial charge in [0.2, 0.25) is 0 Å². The molecule has 1 aromatic rings. The lowest BCUT2D eigenvalue weighted by Crippen LogP contribution is -2.13. The zero-order valence-corrected chi connectivity index (χ0v) is 11.5. The molecule has 1 aromatic carbocycles. The minimum atomic E-state index is -0.0820. The van der Waals surface area contributed by atoms with Crippen LogP contribution in [-0.2, 0) is 4.74 Å². The lowest BCUT2D eigenvalue weighted by atomic mass is 10.1. The molecular weight excluding hydrogens is 250 g/mol. The Bertz CT molecular complexity index is 389. The molecule has 0 amide bonds. The summed E-state index contributed by atoms with van der Waals surface area (Å²) in [6.07, 6.45) is 3.60. The first-order valence-electron chi connectivity index (χ1n) is 6.46. The number of hydrogen-bond acceptors (Lipinski definition) is 3. The zero-order chi connectivity index (χ0) is 13.0. The van der Waals surface area contributed by atoms with Crippen molar-refractivity contribution in [3.8, 4) is 5.75 Å². The average Bonchev–Trinajstić information content (AvgIpc) is 2.84. The molecule has 0 spiro atoms. The van der Waals surface area contributed by atoms with Crippen molar-refractivity contribution >= 4 is 11.6 Å². The van der Waals surface area contributed by atoms with Crippen LogP contribution in [0.3, 0.4) is 0 Å². The first-order valence-corrected chi connectivity index (χ1v) is 6.84. The van der Waals surface area contributed by atoms with Crippen LogP contribution in [0.2, 0.25) is 5.02 Å². The third kappa shape index (κ3) is 3.61. The molecule has 18 heavy (non-hydrogen) atoms. The van der Waals surface area contributed by atoms with Gasteiger partial charge in [-0.3, -0.25) is 0 Å². The number of rotatable bonds is 5. The number of halogens is 1. The first-order chi connectivity index (χ1) is 8.66. The molecule has 2 unspecified atom stereocenters. The van der Waals surface area contributed by atoms with E-state index >= 15 is 0 Å². The Morgan fingerprint density at radius 2 is 2.39 bits per heavy atom. The molecule has 0 aliphatic carbocycles. The molecule has 1 aliphatic rings. The molecule has 0 radical (unpaired) electrons. The minimum absolute atomic E-state index is 0.0820. The smallest absolute Gasteiger partial charge is 0.124 e. The van der Waals surface area contributed by atoms with Crippen molar-refractivity contribution in [2.45, 2.75) is 38.3 Å². The van der Waals surface area contributed by atoms with Gasteiger partial charge in [-0.1, -0.05) is 11.6 Å². The predicted octanol–water partition coefficient (Wildman–Crippen LogP) is 3.31. The molecule has 0 aromatic heterocycles. The second-order valence-corrected chi connectivity index (χ2v) is 5.18. The standard InChI is InChI=1S/C14H20ClNO2/c1-10(16)13-9-11(15)4-5-14(13)18-8-6-12-3-2-7-17-12/h4-5,9-10,12H,2-3,6-8,16H2,1H3. The van der Waals surface area contributed by atoms with E-state index in [4.69, 9.17) is 26.8 Å². The zero-order valence-electron chi connectivity index (χ0n) is 10.7. The van der Waals surface area contributed by atoms with Crippen molar-refractivity contribution in [1.29, 1.82) is 0 Å². The lowest BCUT2D eigenvalue weighted by molar-refractivity contribution is 0.0902. The highest BCUT2D eigenvalue weighted by Crippen LogP contribution is 2.27. The van der Waals surface area contributed by atoms with E-state index in [-0.39, 0.29) is 6.04 Å². The van der Waals surface area contributed by atoms with Gasteiger partial charge in [0, 0.05) is 29.7 Å². The van der Waals surface area contributed by atoms with Gasteiger partial charge in [-0.25, -0.2) is 0 Å².